The summed E-state index contributed by atoms with van der Waals surface area (Å²) in [7, 11) is 1.63. The molecule has 1 heterocycles. The van der Waals surface area contributed by atoms with Gasteiger partial charge in [0.1, 0.15) is 5.56 Å². The number of aryl methyl sites for hydroxylation is 2. The van der Waals surface area contributed by atoms with E-state index in [2.05, 4.69) is 5.10 Å². The SMILES string of the molecule is Cc1nn(C)c(OC(=O)C2CC2)c1C(=O)c1ccc(Cl)cc1Cl. The Morgan fingerprint density at radius 3 is 2.61 bits per heavy atom. The Labute approximate surface area is 143 Å². The van der Waals surface area contributed by atoms with Crippen molar-refractivity contribution in [3.05, 3.63) is 45.1 Å². The van der Waals surface area contributed by atoms with Crippen molar-refractivity contribution < 1.29 is 14.3 Å². The molecular formula is C16H14Cl2N2O3. The van der Waals surface area contributed by atoms with Gasteiger partial charge in [-0.05, 0) is 38.0 Å². The van der Waals surface area contributed by atoms with Gasteiger partial charge in [0.05, 0.1) is 16.6 Å². The van der Waals surface area contributed by atoms with E-state index in [0.29, 0.717) is 10.7 Å². The van der Waals surface area contributed by atoms with Crippen LogP contribution in [0.5, 0.6) is 5.88 Å². The molecule has 1 aliphatic rings. The molecule has 23 heavy (non-hydrogen) atoms. The van der Waals surface area contributed by atoms with Crippen molar-refractivity contribution in [2.24, 2.45) is 13.0 Å². The molecule has 1 fully saturated rings. The zero-order chi connectivity index (χ0) is 16.7. The molecule has 0 N–H and O–H groups in total. The third-order valence-corrected chi connectivity index (χ3v) is 4.23. The number of nitrogens with zero attached hydrogens (tertiary/aromatic N) is 2. The van der Waals surface area contributed by atoms with E-state index >= 15 is 0 Å². The number of rotatable bonds is 4. The first kappa shape index (κ1) is 16.0. The van der Waals surface area contributed by atoms with Gasteiger partial charge in [0.25, 0.3) is 0 Å². The number of halogens is 2. The first-order valence-corrected chi connectivity index (χ1v) is 7.89. The van der Waals surface area contributed by atoms with Crippen molar-refractivity contribution in [1.29, 1.82) is 0 Å². The van der Waals surface area contributed by atoms with Gasteiger partial charge in [-0.1, -0.05) is 23.2 Å². The van der Waals surface area contributed by atoms with E-state index in [0.717, 1.165) is 12.8 Å². The minimum absolute atomic E-state index is 0.0766. The number of aromatic nitrogens is 2. The van der Waals surface area contributed by atoms with Crippen LogP contribution >= 0.6 is 23.2 Å². The summed E-state index contributed by atoms with van der Waals surface area (Å²) < 4.78 is 6.79. The standard InChI is InChI=1S/C16H14Cl2N2O3/c1-8-13(14(21)11-6-5-10(17)7-12(11)18)15(20(2)19-8)23-16(22)9-3-4-9/h5-7,9H,3-4H2,1-2H3. The van der Waals surface area contributed by atoms with Crippen LogP contribution in [0, 0.1) is 12.8 Å². The van der Waals surface area contributed by atoms with Gasteiger partial charge >= 0.3 is 5.97 Å². The molecule has 5 nitrogen and oxygen atoms in total. The number of ketones is 1. The Morgan fingerprint density at radius 2 is 2.00 bits per heavy atom. The first-order chi connectivity index (χ1) is 10.9. The average Bonchev–Trinajstić information content (AvgIpc) is 3.26. The molecule has 0 saturated heterocycles. The first-order valence-electron chi connectivity index (χ1n) is 7.13. The average molecular weight is 353 g/mol. The van der Waals surface area contributed by atoms with Crippen molar-refractivity contribution in [3.63, 3.8) is 0 Å². The van der Waals surface area contributed by atoms with Gasteiger partial charge < -0.3 is 4.74 Å². The minimum Gasteiger partial charge on any atom is -0.407 e. The molecular weight excluding hydrogens is 339 g/mol. The van der Waals surface area contributed by atoms with Crippen molar-refractivity contribution >= 4 is 35.0 Å². The van der Waals surface area contributed by atoms with Gasteiger partial charge in [-0.25, -0.2) is 4.68 Å². The third-order valence-electron chi connectivity index (χ3n) is 3.68. The van der Waals surface area contributed by atoms with Crippen LogP contribution in [0.25, 0.3) is 0 Å². The van der Waals surface area contributed by atoms with E-state index in [1.165, 1.54) is 10.7 Å². The molecule has 0 amide bonds. The van der Waals surface area contributed by atoms with Gasteiger partial charge in [-0.15, -0.1) is 0 Å². The van der Waals surface area contributed by atoms with Crippen LogP contribution in [0.2, 0.25) is 10.0 Å². The molecule has 3 rings (SSSR count). The van der Waals surface area contributed by atoms with E-state index < -0.39 is 0 Å². The molecule has 1 aromatic heterocycles. The monoisotopic (exact) mass is 352 g/mol. The van der Waals surface area contributed by atoms with Gasteiger partial charge in [0.2, 0.25) is 11.7 Å². The number of benzene rings is 1. The number of hydrogen-bond donors (Lipinski definition) is 0. The maximum absolute atomic E-state index is 12.8. The number of esters is 1. The van der Waals surface area contributed by atoms with Crippen LogP contribution in [0.4, 0.5) is 0 Å². The van der Waals surface area contributed by atoms with E-state index in [4.69, 9.17) is 27.9 Å². The summed E-state index contributed by atoms with van der Waals surface area (Å²) in [5.74, 6) is -0.609. The Hall–Kier alpha value is -1.85. The van der Waals surface area contributed by atoms with Crippen LogP contribution in [-0.4, -0.2) is 21.5 Å². The molecule has 0 unspecified atom stereocenters. The fourth-order valence-corrected chi connectivity index (χ4v) is 2.82. The maximum atomic E-state index is 12.8. The van der Waals surface area contributed by atoms with E-state index in [1.807, 2.05) is 0 Å². The second kappa shape index (κ2) is 5.98. The molecule has 1 aromatic carbocycles. The molecule has 120 valence electrons. The number of hydrogen-bond acceptors (Lipinski definition) is 4. The molecule has 0 aliphatic heterocycles. The fourth-order valence-electron chi connectivity index (χ4n) is 2.32. The van der Waals surface area contributed by atoms with E-state index in [-0.39, 0.29) is 39.7 Å². The lowest BCUT2D eigenvalue weighted by molar-refractivity contribution is -0.136. The molecule has 0 radical (unpaired) electrons. The van der Waals surface area contributed by atoms with Gasteiger partial charge in [0.15, 0.2) is 0 Å². The summed E-state index contributed by atoms with van der Waals surface area (Å²) in [5, 5.41) is 4.87. The molecule has 0 spiro atoms. The Morgan fingerprint density at radius 1 is 1.30 bits per heavy atom. The summed E-state index contributed by atoms with van der Waals surface area (Å²) in [6.07, 6.45) is 1.64. The van der Waals surface area contributed by atoms with Crippen LogP contribution in [0.1, 0.15) is 34.5 Å². The predicted octanol–water partition coefficient (Wildman–Crippen LogP) is 3.58. The highest BCUT2D eigenvalue weighted by molar-refractivity contribution is 6.37. The van der Waals surface area contributed by atoms with Crippen molar-refractivity contribution in [2.75, 3.05) is 0 Å². The maximum Gasteiger partial charge on any atom is 0.315 e. The number of carbonyl (C=O) groups excluding carboxylic acids is 2. The molecule has 1 aliphatic carbocycles. The molecule has 7 heteroatoms. The van der Waals surface area contributed by atoms with Crippen molar-refractivity contribution in [1.82, 2.24) is 9.78 Å². The van der Waals surface area contributed by atoms with Crippen LogP contribution in [0.3, 0.4) is 0 Å². The van der Waals surface area contributed by atoms with Gasteiger partial charge in [-0.2, -0.15) is 5.10 Å². The molecule has 1 saturated carbocycles. The quantitative estimate of drug-likeness (QED) is 0.623. The van der Waals surface area contributed by atoms with Crippen LogP contribution in [0.15, 0.2) is 18.2 Å². The zero-order valence-corrected chi connectivity index (χ0v) is 14.1. The summed E-state index contributed by atoms with van der Waals surface area (Å²) in [5.41, 5.74) is 1.00. The second-order valence-corrected chi connectivity index (χ2v) is 6.38. The smallest absolute Gasteiger partial charge is 0.315 e. The van der Waals surface area contributed by atoms with Crippen LogP contribution < -0.4 is 4.74 Å². The summed E-state index contributed by atoms with van der Waals surface area (Å²) >= 11 is 12.0. The Balaban J connectivity index is 2.00. The van der Waals surface area contributed by atoms with Crippen LogP contribution in [-0.2, 0) is 11.8 Å². The van der Waals surface area contributed by atoms with Crippen molar-refractivity contribution in [2.45, 2.75) is 19.8 Å². The number of carbonyl (C=O) groups is 2. The highest BCUT2D eigenvalue weighted by Crippen LogP contribution is 2.33. The highest BCUT2D eigenvalue weighted by atomic mass is 35.5. The Kier molecular flexibility index (Phi) is 4.17. The predicted molar refractivity (Wildman–Crippen MR) is 86.2 cm³/mol. The van der Waals surface area contributed by atoms with E-state index in [1.54, 1.807) is 26.1 Å². The van der Waals surface area contributed by atoms with Gasteiger partial charge in [-0.3, -0.25) is 9.59 Å². The largest absolute Gasteiger partial charge is 0.407 e. The molecule has 0 atom stereocenters. The molecule has 0 bridgehead atoms. The topological polar surface area (TPSA) is 61.2 Å². The minimum atomic E-state index is -0.351. The zero-order valence-electron chi connectivity index (χ0n) is 12.6. The van der Waals surface area contributed by atoms with Gasteiger partial charge in [0, 0.05) is 17.6 Å². The Bertz CT molecular complexity index is 810. The van der Waals surface area contributed by atoms with Crippen molar-refractivity contribution in [3.8, 4) is 5.88 Å². The third kappa shape index (κ3) is 3.12. The lowest BCUT2D eigenvalue weighted by Gasteiger charge is -2.08. The highest BCUT2D eigenvalue weighted by Gasteiger charge is 2.34. The normalized spacial score (nSPS) is 13.9. The fraction of sp³-hybridized carbons (Fsp3) is 0.312. The summed E-state index contributed by atoms with van der Waals surface area (Å²) in [6, 6.07) is 4.63. The van der Waals surface area contributed by atoms with E-state index in [9.17, 15) is 9.59 Å². The summed E-state index contributed by atoms with van der Waals surface area (Å²) in [4.78, 5) is 24.8. The lowest BCUT2D eigenvalue weighted by Crippen LogP contribution is -2.15. The lowest BCUT2D eigenvalue weighted by atomic mass is 10.0. The summed E-state index contributed by atoms with van der Waals surface area (Å²) in [6.45, 7) is 1.69. The molecule has 2 aromatic rings. The number of ether oxygens (including phenoxy) is 1. The second-order valence-electron chi connectivity index (χ2n) is 5.54.